The van der Waals surface area contributed by atoms with Gasteiger partial charge in [0.1, 0.15) is 26.2 Å². The molecule has 1 fully saturated rings. The summed E-state index contributed by atoms with van der Waals surface area (Å²) < 4.78 is 0. The Bertz CT molecular complexity index is 825. The van der Waals surface area contributed by atoms with Crippen molar-refractivity contribution in [1.29, 1.82) is 0 Å². The van der Waals surface area contributed by atoms with E-state index in [1.54, 1.807) is 11.3 Å². The molecule has 2 amide bonds. The molecule has 162 valence electrons. The van der Waals surface area contributed by atoms with Crippen LogP contribution in [0.1, 0.15) is 22.9 Å². The van der Waals surface area contributed by atoms with Gasteiger partial charge >= 0.3 is 0 Å². The Morgan fingerprint density at radius 2 is 1.77 bits per heavy atom. The fourth-order valence-electron chi connectivity index (χ4n) is 4.06. The molecule has 0 saturated carbocycles. The third-order valence-electron chi connectivity index (χ3n) is 6.01. The smallest absolute Gasteiger partial charge is 0.279 e. The van der Waals surface area contributed by atoms with Crippen LogP contribution in [0.15, 0.2) is 35.7 Å². The van der Waals surface area contributed by atoms with Gasteiger partial charge < -0.3 is 20.4 Å². The van der Waals surface area contributed by atoms with E-state index in [0.29, 0.717) is 13.1 Å². The lowest BCUT2D eigenvalue weighted by atomic mass is 10.1. The summed E-state index contributed by atoms with van der Waals surface area (Å²) in [5.74, 6) is 0.183. The van der Waals surface area contributed by atoms with Crippen LogP contribution in [0.25, 0.3) is 0 Å². The van der Waals surface area contributed by atoms with E-state index in [2.05, 4.69) is 22.1 Å². The molecule has 7 heteroatoms. The minimum Gasteiger partial charge on any atom is -0.351 e. The zero-order chi connectivity index (χ0) is 21.5. The summed E-state index contributed by atoms with van der Waals surface area (Å²) in [4.78, 5) is 28.9. The Balaban J connectivity index is 1.39. The lowest BCUT2D eigenvalue weighted by molar-refractivity contribution is -1.01. The highest BCUT2D eigenvalue weighted by atomic mass is 32.1. The minimum absolute atomic E-state index is 0.0571. The van der Waals surface area contributed by atoms with Crippen LogP contribution in [-0.2, 0) is 16.0 Å². The number of piperazine rings is 1. The van der Waals surface area contributed by atoms with Crippen LogP contribution in [-0.4, -0.2) is 57.1 Å². The van der Waals surface area contributed by atoms with Gasteiger partial charge in [-0.15, -0.1) is 11.3 Å². The molecule has 4 N–H and O–H groups in total. The van der Waals surface area contributed by atoms with Crippen LogP contribution in [0.4, 0.5) is 5.69 Å². The first kappa shape index (κ1) is 22.5. The molecule has 0 aliphatic carbocycles. The first-order valence-electron chi connectivity index (χ1n) is 10.8. The quantitative estimate of drug-likeness (QED) is 0.470. The van der Waals surface area contributed by atoms with E-state index in [4.69, 9.17) is 0 Å². The van der Waals surface area contributed by atoms with Gasteiger partial charge in [-0.25, -0.2) is 0 Å². The molecule has 0 bridgehead atoms. The van der Waals surface area contributed by atoms with Gasteiger partial charge in [0.25, 0.3) is 11.8 Å². The molecule has 3 rings (SSSR count). The number of anilines is 1. The van der Waals surface area contributed by atoms with Gasteiger partial charge in [0, 0.05) is 17.1 Å². The number of amides is 2. The maximum absolute atomic E-state index is 12.5. The van der Waals surface area contributed by atoms with Crippen LogP contribution < -0.4 is 20.4 Å². The van der Waals surface area contributed by atoms with Gasteiger partial charge in [-0.3, -0.25) is 9.59 Å². The molecule has 0 spiro atoms. The molecule has 0 radical (unpaired) electrons. The van der Waals surface area contributed by atoms with E-state index in [9.17, 15) is 9.59 Å². The zero-order valence-corrected chi connectivity index (χ0v) is 19.0. The van der Waals surface area contributed by atoms with E-state index < -0.39 is 0 Å². The summed E-state index contributed by atoms with van der Waals surface area (Å²) in [6, 6.07) is 10.1. The number of benzene rings is 1. The number of carbonyl (C=O) groups is 2. The van der Waals surface area contributed by atoms with Gasteiger partial charge in [0.2, 0.25) is 0 Å². The van der Waals surface area contributed by atoms with Crippen LogP contribution in [0, 0.1) is 13.8 Å². The molecule has 1 aromatic carbocycles. The number of thiophene rings is 1. The van der Waals surface area contributed by atoms with Crippen molar-refractivity contribution in [3.8, 4) is 0 Å². The maximum atomic E-state index is 12.5. The first-order valence-corrected chi connectivity index (χ1v) is 11.7. The fraction of sp³-hybridized carbons (Fsp3) is 0.478. The van der Waals surface area contributed by atoms with Crippen LogP contribution in [0.2, 0.25) is 0 Å². The van der Waals surface area contributed by atoms with Gasteiger partial charge in [-0.1, -0.05) is 24.3 Å². The highest BCUT2D eigenvalue weighted by Gasteiger charge is 2.31. The first-order chi connectivity index (χ1) is 14.4. The van der Waals surface area contributed by atoms with E-state index in [-0.39, 0.29) is 17.9 Å². The van der Waals surface area contributed by atoms with Gasteiger partial charge in [-0.2, -0.15) is 0 Å². The Labute approximate surface area is 183 Å². The Kier molecular flexibility index (Phi) is 8.01. The van der Waals surface area contributed by atoms with Crippen molar-refractivity contribution in [2.45, 2.75) is 33.2 Å². The summed E-state index contributed by atoms with van der Waals surface area (Å²) in [5.41, 5.74) is 3.11. The summed E-state index contributed by atoms with van der Waals surface area (Å²) in [6.45, 7) is 10.8. The van der Waals surface area contributed by atoms with Crippen molar-refractivity contribution < 1.29 is 19.4 Å². The molecule has 1 aliphatic heterocycles. The Morgan fingerprint density at radius 3 is 2.40 bits per heavy atom. The molecule has 6 nitrogen and oxygen atoms in total. The predicted molar refractivity (Wildman–Crippen MR) is 121 cm³/mol. The van der Waals surface area contributed by atoms with Crippen LogP contribution >= 0.6 is 11.3 Å². The Morgan fingerprint density at radius 1 is 1.07 bits per heavy atom. The zero-order valence-electron chi connectivity index (χ0n) is 18.2. The number of hydrogen-bond donors (Lipinski definition) is 4. The molecule has 2 aromatic rings. The number of quaternary nitrogens is 2. The largest absolute Gasteiger partial charge is 0.351 e. The molecule has 30 heavy (non-hydrogen) atoms. The second-order valence-electron chi connectivity index (χ2n) is 8.24. The van der Waals surface area contributed by atoms with Crippen molar-refractivity contribution in [1.82, 2.24) is 5.32 Å². The van der Waals surface area contributed by atoms with Crippen molar-refractivity contribution in [2.75, 3.05) is 44.6 Å². The fourth-order valence-corrected chi connectivity index (χ4v) is 4.77. The average molecular weight is 431 g/mol. The normalized spacial score (nSPS) is 19.8. The van der Waals surface area contributed by atoms with Crippen molar-refractivity contribution in [3.05, 3.63) is 51.7 Å². The molecule has 1 aliphatic rings. The van der Waals surface area contributed by atoms with Crippen molar-refractivity contribution >= 4 is 28.8 Å². The van der Waals surface area contributed by atoms with Gasteiger partial charge in [0.05, 0.1) is 0 Å². The summed E-state index contributed by atoms with van der Waals surface area (Å²) in [6.07, 6.45) is 0.888. The highest BCUT2D eigenvalue weighted by molar-refractivity contribution is 7.09. The lowest BCUT2D eigenvalue weighted by Gasteiger charge is -2.32. The molecule has 1 saturated heterocycles. The molecule has 2 heterocycles. The summed E-state index contributed by atoms with van der Waals surface area (Å²) >= 11 is 1.73. The molecule has 1 atom stereocenters. The number of rotatable bonds is 8. The number of aryl methyl sites for hydroxylation is 2. The topological polar surface area (TPSA) is 67.1 Å². The van der Waals surface area contributed by atoms with Gasteiger partial charge in [0.15, 0.2) is 12.6 Å². The summed E-state index contributed by atoms with van der Waals surface area (Å²) in [7, 11) is 0. The average Bonchev–Trinajstić information content (AvgIpc) is 3.24. The van der Waals surface area contributed by atoms with Crippen molar-refractivity contribution in [3.63, 3.8) is 0 Å². The third-order valence-corrected chi connectivity index (χ3v) is 6.95. The van der Waals surface area contributed by atoms with E-state index in [0.717, 1.165) is 49.4 Å². The van der Waals surface area contributed by atoms with Crippen LogP contribution in [0.3, 0.4) is 0 Å². The monoisotopic (exact) mass is 430 g/mol. The number of carbonyl (C=O) groups excluding carboxylic acids is 2. The molecular weight excluding hydrogens is 396 g/mol. The second kappa shape index (κ2) is 10.7. The maximum Gasteiger partial charge on any atom is 0.279 e. The third kappa shape index (κ3) is 6.14. The number of hydrogen-bond acceptors (Lipinski definition) is 3. The van der Waals surface area contributed by atoms with E-state index >= 15 is 0 Å². The van der Waals surface area contributed by atoms with E-state index in [1.165, 1.54) is 14.7 Å². The van der Waals surface area contributed by atoms with Gasteiger partial charge in [-0.05, 0) is 49.8 Å². The summed E-state index contributed by atoms with van der Waals surface area (Å²) in [5, 5.41) is 8.22. The SMILES string of the molecule is Cc1cccc(C)c1NC(=O)C[NH+]1CC[NH+]([C@H](C)C(=O)NCCc2cccs2)CC1. The molecular formula is C23H34N4O2S+2. The molecule has 0 unspecified atom stereocenters. The Hall–Kier alpha value is -2.22. The number of nitrogens with one attached hydrogen (secondary N) is 4. The standard InChI is InChI=1S/C23H32N4O2S/c1-17-6-4-7-18(2)22(17)25-21(28)16-26-11-13-27(14-12-26)19(3)23(29)24-10-9-20-8-5-15-30-20/h4-8,15,19H,9-14,16H2,1-3H3,(H,24,29)(H,25,28)/p+2/t19-/m1/s1. The molecule has 1 aromatic heterocycles. The van der Waals surface area contributed by atoms with E-state index in [1.807, 2.05) is 45.0 Å². The van der Waals surface area contributed by atoms with Crippen molar-refractivity contribution in [2.24, 2.45) is 0 Å². The predicted octanol–water partition coefficient (Wildman–Crippen LogP) is -0.166. The highest BCUT2D eigenvalue weighted by Crippen LogP contribution is 2.18. The number of para-hydroxylation sites is 1. The van der Waals surface area contributed by atoms with Crippen LogP contribution in [0.5, 0.6) is 0 Å². The second-order valence-corrected chi connectivity index (χ2v) is 9.27. The lowest BCUT2D eigenvalue weighted by Crippen LogP contribution is -3.30. The minimum atomic E-state index is -0.0571.